The van der Waals surface area contributed by atoms with Gasteiger partial charge in [-0.3, -0.25) is 9.69 Å². The van der Waals surface area contributed by atoms with Crippen molar-refractivity contribution in [3.8, 4) is 0 Å². The Morgan fingerprint density at radius 3 is 2.66 bits per heavy atom. The summed E-state index contributed by atoms with van der Waals surface area (Å²) in [5.41, 5.74) is 2.27. The van der Waals surface area contributed by atoms with E-state index in [1.165, 1.54) is 5.56 Å². The molecule has 3 rings (SSSR count). The zero-order valence-electron chi connectivity index (χ0n) is 17.4. The summed E-state index contributed by atoms with van der Waals surface area (Å²) in [5, 5.41) is 18.1. The fraction of sp³-hybridized carbons (Fsp3) is 0.619. The normalized spacial score (nSPS) is 17.0. The molecule has 1 fully saturated rings. The van der Waals surface area contributed by atoms with E-state index >= 15 is 0 Å². The van der Waals surface area contributed by atoms with Gasteiger partial charge in [0.2, 0.25) is 0 Å². The minimum atomic E-state index is -0.0936. The molecule has 0 aliphatic carbocycles. The average molecular weight is 401 g/mol. The Morgan fingerprint density at radius 2 is 2.03 bits per heavy atom. The highest BCUT2D eigenvalue weighted by Crippen LogP contribution is 2.30. The maximum atomic E-state index is 12.3. The van der Waals surface area contributed by atoms with Crippen LogP contribution in [-0.4, -0.2) is 70.7 Å². The van der Waals surface area contributed by atoms with E-state index in [0.717, 1.165) is 64.3 Å². The fourth-order valence-electron chi connectivity index (χ4n) is 3.93. The van der Waals surface area contributed by atoms with Gasteiger partial charge >= 0.3 is 0 Å². The summed E-state index contributed by atoms with van der Waals surface area (Å²) in [7, 11) is 0. The van der Waals surface area contributed by atoms with Crippen molar-refractivity contribution < 1.29 is 9.53 Å². The summed E-state index contributed by atoms with van der Waals surface area (Å²) >= 11 is 0. The van der Waals surface area contributed by atoms with Gasteiger partial charge in [-0.2, -0.15) is 5.21 Å². The van der Waals surface area contributed by atoms with Crippen LogP contribution < -0.4 is 5.32 Å². The molecule has 1 aromatic carbocycles. The van der Waals surface area contributed by atoms with Gasteiger partial charge < -0.3 is 10.1 Å². The van der Waals surface area contributed by atoms with Crippen LogP contribution in [0.1, 0.15) is 44.0 Å². The minimum absolute atomic E-state index is 0.0636. The van der Waals surface area contributed by atoms with Crippen LogP contribution in [0.4, 0.5) is 5.69 Å². The van der Waals surface area contributed by atoms with Gasteiger partial charge in [-0.1, -0.05) is 30.7 Å². The van der Waals surface area contributed by atoms with Crippen molar-refractivity contribution in [1.29, 1.82) is 0 Å². The Hall–Kier alpha value is -2.32. The molecule has 0 saturated carbocycles. The Morgan fingerprint density at radius 1 is 1.28 bits per heavy atom. The molecule has 0 spiro atoms. The van der Waals surface area contributed by atoms with Crippen molar-refractivity contribution >= 4 is 11.5 Å². The highest BCUT2D eigenvalue weighted by atomic mass is 16.5. The van der Waals surface area contributed by atoms with Crippen molar-refractivity contribution in [3.05, 3.63) is 35.7 Å². The average Bonchev–Trinajstić information content (AvgIpc) is 3.27. The minimum Gasteiger partial charge on any atom is -0.384 e. The van der Waals surface area contributed by atoms with Crippen LogP contribution in [0.5, 0.6) is 0 Å². The van der Waals surface area contributed by atoms with Crippen LogP contribution in [-0.2, 0) is 16.0 Å². The molecule has 8 nitrogen and oxygen atoms in total. The van der Waals surface area contributed by atoms with Gasteiger partial charge in [-0.15, -0.1) is 10.2 Å². The molecule has 0 bridgehead atoms. The fourth-order valence-corrected chi connectivity index (χ4v) is 3.93. The second kappa shape index (κ2) is 11.0. The van der Waals surface area contributed by atoms with Crippen molar-refractivity contribution in [1.82, 2.24) is 25.5 Å². The Bertz CT molecular complexity index is 728. The molecular formula is C21H32N6O2. The van der Waals surface area contributed by atoms with Crippen LogP contribution >= 0.6 is 0 Å². The molecule has 0 unspecified atom stereocenters. The number of hydrogen-bond donors (Lipinski definition) is 2. The number of ether oxygens (including phenoxy) is 1. The maximum Gasteiger partial charge on any atom is 0.178 e. The van der Waals surface area contributed by atoms with Crippen LogP contribution in [0.25, 0.3) is 0 Å². The number of H-pyrrole nitrogens is 1. The smallest absolute Gasteiger partial charge is 0.178 e. The molecule has 1 aromatic heterocycles. The molecule has 2 aromatic rings. The number of Topliss-reactive ketones (excluding diaryl/α,β-unsaturated/α-hetero) is 1. The highest BCUT2D eigenvalue weighted by molar-refractivity contribution is 5.79. The molecule has 2 N–H and O–H groups in total. The lowest BCUT2D eigenvalue weighted by Crippen LogP contribution is -2.38. The number of rotatable bonds is 11. The maximum absolute atomic E-state index is 12.3. The molecule has 2 heterocycles. The second-order valence-corrected chi connectivity index (χ2v) is 7.66. The van der Waals surface area contributed by atoms with Crippen LogP contribution in [0, 0.1) is 5.92 Å². The van der Waals surface area contributed by atoms with Gasteiger partial charge in [-0.25, -0.2) is 0 Å². The molecule has 0 radical (unpaired) electrons. The van der Waals surface area contributed by atoms with Gasteiger partial charge in [0.15, 0.2) is 5.82 Å². The van der Waals surface area contributed by atoms with E-state index < -0.39 is 0 Å². The Kier molecular flexibility index (Phi) is 8.13. The molecule has 8 heteroatoms. The van der Waals surface area contributed by atoms with Crippen molar-refractivity contribution in [2.45, 2.75) is 39.0 Å². The molecule has 158 valence electrons. The lowest BCUT2D eigenvalue weighted by molar-refractivity contribution is -0.121. The molecule has 1 saturated heterocycles. The quantitative estimate of drug-likeness (QED) is 0.597. The third-order valence-electron chi connectivity index (χ3n) is 5.57. The number of carbonyl (C=O) groups is 1. The third-order valence-corrected chi connectivity index (χ3v) is 5.57. The Labute approximate surface area is 172 Å². The number of carbonyl (C=O) groups excluding carboxylic acids is 1. The van der Waals surface area contributed by atoms with E-state index in [9.17, 15) is 4.79 Å². The van der Waals surface area contributed by atoms with Crippen LogP contribution in [0.2, 0.25) is 0 Å². The molecule has 1 aliphatic rings. The third kappa shape index (κ3) is 6.33. The first kappa shape index (κ1) is 21.4. The number of aromatic amines is 1. The van der Waals surface area contributed by atoms with Gasteiger partial charge in [-0.05, 0) is 37.5 Å². The summed E-state index contributed by atoms with van der Waals surface area (Å²) in [6.45, 7) is 9.36. The zero-order valence-corrected chi connectivity index (χ0v) is 17.4. The number of ketones is 1. The molecule has 0 amide bonds. The molecular weight excluding hydrogens is 368 g/mol. The second-order valence-electron chi connectivity index (χ2n) is 7.66. The van der Waals surface area contributed by atoms with E-state index in [1.54, 1.807) is 6.92 Å². The molecule has 29 heavy (non-hydrogen) atoms. The topological polar surface area (TPSA) is 96.0 Å². The SMILES string of the molecule is CCC[C@H](C(C)=O)[C@H](Cc1ccc(NCCN2CCOCC2)cc1)c1nn[nH]n1. The number of morpholine rings is 1. The van der Waals surface area contributed by atoms with Gasteiger partial charge in [0, 0.05) is 43.7 Å². The number of nitrogens with one attached hydrogen (secondary N) is 2. The first-order chi connectivity index (χ1) is 14.2. The highest BCUT2D eigenvalue weighted by Gasteiger charge is 2.29. The summed E-state index contributed by atoms with van der Waals surface area (Å²) < 4.78 is 5.38. The van der Waals surface area contributed by atoms with Crippen molar-refractivity contribution in [2.24, 2.45) is 5.92 Å². The largest absolute Gasteiger partial charge is 0.384 e. The lowest BCUT2D eigenvalue weighted by Gasteiger charge is -2.26. The first-order valence-corrected chi connectivity index (χ1v) is 10.5. The standard InChI is InChI=1S/C21H32N6O2/c1-3-4-19(16(2)28)20(21-23-25-26-24-21)15-17-5-7-18(8-6-17)22-9-10-27-11-13-29-14-12-27/h5-8,19-20,22H,3-4,9-15H2,1-2H3,(H,23,24,25,26)/t19-,20+/m1/s1. The van der Waals surface area contributed by atoms with Gasteiger partial charge in [0.1, 0.15) is 5.78 Å². The molecule has 1 aliphatic heterocycles. The van der Waals surface area contributed by atoms with E-state index in [4.69, 9.17) is 4.74 Å². The lowest BCUT2D eigenvalue weighted by atomic mass is 9.81. The van der Waals surface area contributed by atoms with Crippen molar-refractivity contribution in [3.63, 3.8) is 0 Å². The number of anilines is 1. The predicted molar refractivity (Wildman–Crippen MR) is 112 cm³/mol. The number of aromatic nitrogens is 4. The zero-order chi connectivity index (χ0) is 20.5. The summed E-state index contributed by atoms with van der Waals surface area (Å²) in [4.78, 5) is 14.7. The number of benzene rings is 1. The first-order valence-electron chi connectivity index (χ1n) is 10.5. The van der Waals surface area contributed by atoms with E-state index in [0.29, 0.717) is 5.82 Å². The van der Waals surface area contributed by atoms with Gasteiger partial charge in [0.25, 0.3) is 0 Å². The van der Waals surface area contributed by atoms with Crippen LogP contribution in [0.15, 0.2) is 24.3 Å². The van der Waals surface area contributed by atoms with E-state index in [-0.39, 0.29) is 17.6 Å². The summed E-state index contributed by atoms with van der Waals surface area (Å²) in [6, 6.07) is 8.44. The number of hydrogen-bond acceptors (Lipinski definition) is 7. The molecule has 2 atom stereocenters. The summed E-state index contributed by atoms with van der Waals surface area (Å²) in [5.74, 6) is 0.643. The summed E-state index contributed by atoms with van der Waals surface area (Å²) in [6.07, 6.45) is 2.50. The monoisotopic (exact) mass is 400 g/mol. The number of tetrazole rings is 1. The van der Waals surface area contributed by atoms with Crippen LogP contribution in [0.3, 0.4) is 0 Å². The Balaban J connectivity index is 1.59. The van der Waals surface area contributed by atoms with Crippen molar-refractivity contribution in [2.75, 3.05) is 44.7 Å². The van der Waals surface area contributed by atoms with E-state index in [1.807, 2.05) is 0 Å². The number of nitrogens with zero attached hydrogens (tertiary/aromatic N) is 4. The predicted octanol–water partition coefficient (Wildman–Crippen LogP) is 2.28. The van der Waals surface area contributed by atoms with E-state index in [2.05, 4.69) is 62.0 Å². The van der Waals surface area contributed by atoms with Gasteiger partial charge in [0.05, 0.1) is 13.2 Å².